The van der Waals surface area contributed by atoms with E-state index in [1.54, 1.807) is 0 Å². The number of ether oxygens (including phenoxy) is 4. The van der Waals surface area contributed by atoms with Gasteiger partial charge >= 0.3 is 39.5 Å². The van der Waals surface area contributed by atoms with Gasteiger partial charge in [0.25, 0.3) is 0 Å². The summed E-state index contributed by atoms with van der Waals surface area (Å²) in [5.74, 6) is -0.602. The molecule has 0 fully saturated rings. The summed E-state index contributed by atoms with van der Waals surface area (Å²) in [5, 5.41) is 10.6. The molecule has 0 aromatic heterocycles. The van der Waals surface area contributed by atoms with Crippen LogP contribution in [0.4, 0.5) is 0 Å². The number of aliphatic hydroxyl groups excluding tert-OH is 1. The lowest BCUT2D eigenvalue weighted by Gasteiger charge is -2.21. The average Bonchev–Trinajstić information content (AvgIpc) is 1.32. The molecule has 0 heterocycles. The number of carbonyl (C=O) groups excluding carboxylic acids is 4. The van der Waals surface area contributed by atoms with Gasteiger partial charge in [-0.1, -0.05) is 350 Å². The molecule has 17 nitrogen and oxygen atoms in total. The SMILES string of the molecule is CCCCCCCCCCCCCCCCCCCCCCC(=O)O[C@H](COC(=O)CCCCCCCCCCCC(C)C)COP(=O)(O)OC[C@@H](O)COP(=O)(O)OC[C@@H](COC(=O)CCCCCCCCCCCCCC)OC(=O)CCCCCCCCCCC(C)CC. The lowest BCUT2D eigenvalue weighted by Crippen LogP contribution is -2.30. The standard InChI is InChI=1S/C77H150O17P2/c1-7-10-12-14-16-18-20-22-23-24-25-26-27-28-29-31-35-43-49-55-61-76(81)93-72(65-88-75(80)60-54-48-42-36-32-33-39-45-51-57-69(4)5)67-91-95(83,84)89-63-71(78)64-90-96(85,86)92-68-73(94-77(82)62-56-50-44-38-37-40-46-52-58-70(6)9-3)66-87-74(79)59-53-47-41-34-30-21-19-17-15-13-11-8-2/h69-73,78H,7-68H2,1-6H3,(H,83,84)(H,85,86)/t70?,71-,72-,73-/m1/s1. The molecule has 0 aromatic rings. The number of phosphoric acid groups is 2. The molecule has 96 heavy (non-hydrogen) atoms. The van der Waals surface area contributed by atoms with Gasteiger partial charge < -0.3 is 33.8 Å². The van der Waals surface area contributed by atoms with Crippen molar-refractivity contribution in [2.75, 3.05) is 39.6 Å². The Labute approximate surface area is 588 Å². The molecular weight excluding hydrogens is 1260 g/mol. The summed E-state index contributed by atoms with van der Waals surface area (Å²) in [7, 11) is -9.91. The van der Waals surface area contributed by atoms with Crippen molar-refractivity contribution in [3.63, 3.8) is 0 Å². The summed E-state index contributed by atoms with van der Waals surface area (Å²) in [5.41, 5.74) is 0. The van der Waals surface area contributed by atoms with Crippen LogP contribution in [-0.4, -0.2) is 96.7 Å². The second-order valence-electron chi connectivity index (χ2n) is 28.5. The number of esters is 4. The second kappa shape index (κ2) is 68.8. The predicted octanol–water partition coefficient (Wildman–Crippen LogP) is 22.7. The number of aliphatic hydroxyl groups is 1. The van der Waals surface area contributed by atoms with Gasteiger partial charge in [0.05, 0.1) is 26.4 Å². The Kier molecular flexibility index (Phi) is 67.4. The van der Waals surface area contributed by atoms with Gasteiger partial charge in [-0.2, -0.15) is 0 Å². The Morgan fingerprint density at radius 3 is 0.792 bits per heavy atom. The van der Waals surface area contributed by atoms with E-state index in [9.17, 15) is 43.2 Å². The van der Waals surface area contributed by atoms with Crippen LogP contribution in [0.2, 0.25) is 0 Å². The van der Waals surface area contributed by atoms with Crippen LogP contribution in [0.3, 0.4) is 0 Å². The lowest BCUT2D eigenvalue weighted by molar-refractivity contribution is -0.161. The maximum Gasteiger partial charge on any atom is 0.472 e. The summed E-state index contributed by atoms with van der Waals surface area (Å²) in [4.78, 5) is 72.8. The summed E-state index contributed by atoms with van der Waals surface area (Å²) in [6.07, 6.45) is 56.9. The summed E-state index contributed by atoms with van der Waals surface area (Å²) in [6, 6.07) is 0. The molecule has 0 rings (SSSR count). The van der Waals surface area contributed by atoms with Crippen molar-refractivity contribution in [3.05, 3.63) is 0 Å². The highest BCUT2D eigenvalue weighted by atomic mass is 31.2. The molecule has 19 heteroatoms. The third kappa shape index (κ3) is 69.2. The second-order valence-corrected chi connectivity index (χ2v) is 31.4. The third-order valence-corrected chi connectivity index (χ3v) is 20.2. The fourth-order valence-electron chi connectivity index (χ4n) is 11.8. The van der Waals surface area contributed by atoms with Crippen molar-refractivity contribution in [3.8, 4) is 0 Å². The number of hydrogen-bond acceptors (Lipinski definition) is 15. The topological polar surface area (TPSA) is 237 Å². The lowest BCUT2D eigenvalue weighted by atomic mass is 9.99. The molecule has 0 saturated heterocycles. The molecule has 0 amide bonds. The zero-order valence-corrected chi connectivity index (χ0v) is 64.5. The van der Waals surface area contributed by atoms with Gasteiger partial charge in [0.1, 0.15) is 19.3 Å². The normalized spacial score (nSPS) is 14.3. The fourth-order valence-corrected chi connectivity index (χ4v) is 13.4. The van der Waals surface area contributed by atoms with Gasteiger partial charge in [0.2, 0.25) is 0 Å². The van der Waals surface area contributed by atoms with Gasteiger partial charge in [0, 0.05) is 25.7 Å². The van der Waals surface area contributed by atoms with E-state index in [4.69, 9.17) is 37.0 Å². The largest absolute Gasteiger partial charge is 0.472 e. The van der Waals surface area contributed by atoms with Gasteiger partial charge in [-0.3, -0.25) is 37.3 Å². The first-order valence-corrected chi connectivity index (χ1v) is 43.0. The van der Waals surface area contributed by atoms with Crippen LogP contribution in [0.25, 0.3) is 0 Å². The van der Waals surface area contributed by atoms with E-state index in [2.05, 4.69) is 41.5 Å². The van der Waals surface area contributed by atoms with Gasteiger partial charge in [-0.25, -0.2) is 9.13 Å². The molecule has 570 valence electrons. The number of phosphoric ester groups is 2. The van der Waals surface area contributed by atoms with Crippen molar-refractivity contribution < 1.29 is 80.2 Å². The van der Waals surface area contributed by atoms with Gasteiger partial charge in [-0.05, 0) is 37.5 Å². The Balaban J connectivity index is 5.22. The Morgan fingerprint density at radius 1 is 0.302 bits per heavy atom. The third-order valence-electron chi connectivity index (χ3n) is 18.3. The summed E-state index contributed by atoms with van der Waals surface area (Å²) in [6.45, 7) is 9.58. The van der Waals surface area contributed by atoms with E-state index in [-0.39, 0.29) is 25.7 Å². The highest BCUT2D eigenvalue weighted by Gasteiger charge is 2.30. The molecule has 0 aliphatic carbocycles. The quantitative estimate of drug-likeness (QED) is 0.0222. The van der Waals surface area contributed by atoms with Gasteiger partial charge in [0.15, 0.2) is 12.2 Å². The first-order valence-electron chi connectivity index (χ1n) is 40.0. The highest BCUT2D eigenvalue weighted by Crippen LogP contribution is 2.45. The van der Waals surface area contributed by atoms with Crippen LogP contribution in [0.1, 0.15) is 401 Å². The average molecular weight is 1410 g/mol. The zero-order valence-electron chi connectivity index (χ0n) is 62.7. The summed E-state index contributed by atoms with van der Waals surface area (Å²) >= 11 is 0. The van der Waals surface area contributed by atoms with E-state index >= 15 is 0 Å². The molecule has 0 bridgehead atoms. The molecular formula is C77H150O17P2. The van der Waals surface area contributed by atoms with Crippen molar-refractivity contribution in [1.82, 2.24) is 0 Å². The first-order chi connectivity index (χ1) is 46.4. The van der Waals surface area contributed by atoms with Gasteiger partial charge in [-0.15, -0.1) is 0 Å². The van der Waals surface area contributed by atoms with Crippen LogP contribution < -0.4 is 0 Å². The van der Waals surface area contributed by atoms with Crippen molar-refractivity contribution in [2.24, 2.45) is 11.8 Å². The van der Waals surface area contributed by atoms with Crippen LogP contribution in [0.15, 0.2) is 0 Å². The molecule has 0 saturated carbocycles. The smallest absolute Gasteiger partial charge is 0.462 e. The zero-order chi connectivity index (χ0) is 70.7. The molecule has 0 aliphatic rings. The minimum atomic E-state index is -4.96. The van der Waals surface area contributed by atoms with Crippen molar-refractivity contribution >= 4 is 39.5 Å². The van der Waals surface area contributed by atoms with E-state index in [1.165, 1.54) is 218 Å². The van der Waals surface area contributed by atoms with E-state index in [0.29, 0.717) is 25.7 Å². The van der Waals surface area contributed by atoms with Crippen LogP contribution in [0.5, 0.6) is 0 Å². The molecule has 0 spiro atoms. The number of rotatable bonds is 76. The fraction of sp³-hybridized carbons (Fsp3) is 0.948. The van der Waals surface area contributed by atoms with E-state index in [1.807, 2.05) is 0 Å². The Bertz CT molecular complexity index is 1860. The van der Waals surface area contributed by atoms with Crippen molar-refractivity contribution in [2.45, 2.75) is 419 Å². The number of carbonyl (C=O) groups is 4. The van der Waals surface area contributed by atoms with Crippen LogP contribution in [-0.2, 0) is 65.4 Å². The molecule has 3 unspecified atom stereocenters. The number of unbranched alkanes of at least 4 members (excludes halogenated alkanes) is 45. The highest BCUT2D eigenvalue weighted by molar-refractivity contribution is 7.47. The maximum atomic E-state index is 13.1. The monoisotopic (exact) mass is 1410 g/mol. The molecule has 6 atom stereocenters. The predicted molar refractivity (Wildman–Crippen MR) is 391 cm³/mol. The molecule has 0 radical (unpaired) electrons. The Hall–Kier alpha value is -1.94. The van der Waals surface area contributed by atoms with Crippen LogP contribution >= 0.6 is 15.6 Å². The van der Waals surface area contributed by atoms with E-state index in [0.717, 1.165) is 102 Å². The van der Waals surface area contributed by atoms with Crippen molar-refractivity contribution in [1.29, 1.82) is 0 Å². The minimum Gasteiger partial charge on any atom is -0.462 e. The maximum absolute atomic E-state index is 13.1. The van der Waals surface area contributed by atoms with Crippen LogP contribution in [0, 0.1) is 11.8 Å². The first kappa shape index (κ1) is 94.1. The Morgan fingerprint density at radius 2 is 0.531 bits per heavy atom. The van der Waals surface area contributed by atoms with E-state index < -0.39 is 97.5 Å². The molecule has 0 aliphatic heterocycles. The summed E-state index contributed by atoms with van der Waals surface area (Å²) < 4.78 is 68.6. The number of hydrogen-bond donors (Lipinski definition) is 3. The minimum absolute atomic E-state index is 0.105. The molecule has 0 aromatic carbocycles. The molecule has 3 N–H and O–H groups in total.